The fraction of sp³-hybridized carbons (Fsp3) is 0.143. The van der Waals surface area contributed by atoms with Gasteiger partial charge in [0.1, 0.15) is 5.58 Å². The zero-order valence-electron chi connectivity index (χ0n) is 14.9. The molecule has 0 spiro atoms. The van der Waals surface area contributed by atoms with Crippen LogP contribution in [0.5, 0.6) is 0 Å². The molecular weight excluding hydrogens is 424 g/mol. The van der Waals surface area contributed by atoms with Gasteiger partial charge >= 0.3 is 0 Å². The Hall–Kier alpha value is -2.44. The number of hydrogen-bond donors (Lipinski definition) is 1. The zero-order chi connectivity index (χ0) is 19.0. The molecule has 0 saturated heterocycles. The first-order chi connectivity index (χ1) is 13.0. The summed E-state index contributed by atoms with van der Waals surface area (Å²) in [5.41, 5.74) is 4.63. The first kappa shape index (κ1) is 17.9. The van der Waals surface area contributed by atoms with Crippen LogP contribution in [0.15, 0.2) is 56.7 Å². The summed E-state index contributed by atoms with van der Waals surface area (Å²) in [4.78, 5) is 17.2. The Morgan fingerprint density at radius 3 is 2.74 bits per heavy atom. The van der Waals surface area contributed by atoms with Crippen LogP contribution in [-0.4, -0.2) is 10.9 Å². The number of aryl methyl sites for hydroxylation is 2. The van der Waals surface area contributed by atoms with Gasteiger partial charge in [0, 0.05) is 26.4 Å². The number of furan rings is 1. The van der Waals surface area contributed by atoms with Crippen molar-refractivity contribution < 1.29 is 9.21 Å². The van der Waals surface area contributed by atoms with E-state index in [-0.39, 0.29) is 5.91 Å². The van der Waals surface area contributed by atoms with Crippen LogP contribution in [-0.2, 0) is 6.42 Å². The summed E-state index contributed by atoms with van der Waals surface area (Å²) < 4.78 is 6.81. The first-order valence-corrected chi connectivity index (χ1v) is 10.3. The molecule has 2 aromatic carbocycles. The smallest absolute Gasteiger partial charge is 0.293 e. The molecule has 0 atom stereocenters. The molecule has 0 bridgehead atoms. The Morgan fingerprint density at radius 1 is 1.22 bits per heavy atom. The van der Waals surface area contributed by atoms with E-state index in [1.807, 2.05) is 48.7 Å². The van der Waals surface area contributed by atoms with Crippen LogP contribution in [0.1, 0.15) is 28.6 Å². The second-order valence-corrected chi connectivity index (χ2v) is 8.01. The lowest BCUT2D eigenvalue weighted by molar-refractivity contribution is 0.0998. The Morgan fingerprint density at radius 2 is 2.00 bits per heavy atom. The number of benzene rings is 2. The third kappa shape index (κ3) is 3.55. The van der Waals surface area contributed by atoms with Crippen LogP contribution < -0.4 is 5.32 Å². The molecule has 4 rings (SSSR count). The average molecular weight is 441 g/mol. The number of nitrogens with zero attached hydrogens (tertiary/aromatic N) is 1. The molecule has 2 aromatic heterocycles. The van der Waals surface area contributed by atoms with Gasteiger partial charge in [-0.05, 0) is 43.2 Å². The maximum absolute atomic E-state index is 12.7. The van der Waals surface area contributed by atoms with Gasteiger partial charge in [-0.15, -0.1) is 11.3 Å². The molecule has 4 nitrogen and oxygen atoms in total. The number of rotatable bonds is 4. The molecule has 0 fully saturated rings. The summed E-state index contributed by atoms with van der Waals surface area (Å²) in [6, 6.07) is 13.9. The number of aromatic nitrogens is 1. The van der Waals surface area contributed by atoms with Crippen LogP contribution in [0.25, 0.3) is 22.2 Å². The third-order valence-corrected chi connectivity index (χ3v) is 5.77. The SMILES string of the molecule is CCc1ccc2oc(C(=O)Nc3nc(-c4ccc(Br)cc4)cs3)c(C)c2c1. The zero-order valence-corrected chi connectivity index (χ0v) is 17.3. The number of nitrogens with one attached hydrogen (secondary N) is 1. The van der Waals surface area contributed by atoms with Crippen molar-refractivity contribution in [3.05, 3.63) is 69.2 Å². The van der Waals surface area contributed by atoms with E-state index in [0.717, 1.165) is 38.7 Å². The van der Waals surface area contributed by atoms with Crippen LogP contribution in [0, 0.1) is 6.92 Å². The van der Waals surface area contributed by atoms with Crippen molar-refractivity contribution >= 4 is 49.3 Å². The lowest BCUT2D eigenvalue weighted by Gasteiger charge is -2.00. The molecule has 27 heavy (non-hydrogen) atoms. The Balaban J connectivity index is 1.58. The number of anilines is 1. The number of carbonyl (C=O) groups excluding carboxylic acids is 1. The van der Waals surface area contributed by atoms with Gasteiger partial charge < -0.3 is 4.42 Å². The van der Waals surface area contributed by atoms with E-state index < -0.39 is 0 Å². The van der Waals surface area contributed by atoms with Crippen molar-refractivity contribution in [1.82, 2.24) is 4.98 Å². The predicted octanol–water partition coefficient (Wildman–Crippen LogP) is 6.44. The van der Waals surface area contributed by atoms with Crippen LogP contribution in [0.3, 0.4) is 0 Å². The molecular formula is C21H17BrN2O2S. The molecule has 1 amide bonds. The lowest BCUT2D eigenvalue weighted by Crippen LogP contribution is -2.11. The molecule has 2 heterocycles. The van der Waals surface area contributed by atoms with Crippen molar-refractivity contribution in [2.75, 3.05) is 5.32 Å². The van der Waals surface area contributed by atoms with Crippen molar-refractivity contribution in [2.24, 2.45) is 0 Å². The summed E-state index contributed by atoms with van der Waals surface area (Å²) in [5, 5.41) is 6.31. The van der Waals surface area contributed by atoms with Gasteiger partial charge in [0.15, 0.2) is 10.9 Å². The van der Waals surface area contributed by atoms with Crippen LogP contribution >= 0.6 is 27.3 Å². The monoisotopic (exact) mass is 440 g/mol. The highest BCUT2D eigenvalue weighted by Gasteiger charge is 2.19. The molecule has 4 aromatic rings. The quantitative estimate of drug-likeness (QED) is 0.396. The van der Waals surface area contributed by atoms with E-state index >= 15 is 0 Å². The Labute approximate surface area is 169 Å². The first-order valence-electron chi connectivity index (χ1n) is 8.60. The van der Waals surface area contributed by atoms with E-state index in [1.165, 1.54) is 16.9 Å². The van der Waals surface area contributed by atoms with Crippen LogP contribution in [0.2, 0.25) is 0 Å². The molecule has 0 aliphatic heterocycles. The number of fused-ring (bicyclic) bond motifs is 1. The van der Waals surface area contributed by atoms with Crippen molar-refractivity contribution in [3.63, 3.8) is 0 Å². The molecule has 0 unspecified atom stereocenters. The molecule has 0 saturated carbocycles. The van der Waals surface area contributed by atoms with E-state index in [0.29, 0.717) is 10.9 Å². The molecule has 136 valence electrons. The fourth-order valence-electron chi connectivity index (χ4n) is 2.94. The lowest BCUT2D eigenvalue weighted by atomic mass is 10.1. The van der Waals surface area contributed by atoms with Crippen LogP contribution in [0.4, 0.5) is 5.13 Å². The topological polar surface area (TPSA) is 55.1 Å². The number of thiazole rings is 1. The minimum absolute atomic E-state index is 0.279. The highest BCUT2D eigenvalue weighted by atomic mass is 79.9. The fourth-order valence-corrected chi connectivity index (χ4v) is 3.92. The van der Waals surface area contributed by atoms with Gasteiger partial charge in [0.2, 0.25) is 0 Å². The second-order valence-electron chi connectivity index (χ2n) is 6.24. The van der Waals surface area contributed by atoms with E-state index in [2.05, 4.69) is 39.2 Å². The summed E-state index contributed by atoms with van der Waals surface area (Å²) in [5.74, 6) is 0.0529. The maximum atomic E-state index is 12.7. The van der Waals surface area contributed by atoms with Gasteiger partial charge in [-0.3, -0.25) is 10.1 Å². The number of hydrogen-bond acceptors (Lipinski definition) is 4. The minimum Gasteiger partial charge on any atom is -0.451 e. The van der Waals surface area contributed by atoms with E-state index in [1.54, 1.807) is 0 Å². The highest BCUT2D eigenvalue weighted by molar-refractivity contribution is 9.10. The normalized spacial score (nSPS) is 11.1. The average Bonchev–Trinajstić information content (AvgIpc) is 3.27. The Kier molecular flexibility index (Phi) is 4.85. The summed E-state index contributed by atoms with van der Waals surface area (Å²) >= 11 is 4.82. The summed E-state index contributed by atoms with van der Waals surface area (Å²) in [7, 11) is 0. The largest absolute Gasteiger partial charge is 0.451 e. The summed E-state index contributed by atoms with van der Waals surface area (Å²) in [6.07, 6.45) is 0.944. The molecule has 0 aliphatic rings. The van der Waals surface area contributed by atoms with Gasteiger partial charge in [0.25, 0.3) is 5.91 Å². The standard InChI is InChI=1S/C21H17BrN2O2S/c1-3-13-4-9-18-16(10-13)12(2)19(26-18)20(25)24-21-23-17(11-27-21)14-5-7-15(22)8-6-14/h4-11H,3H2,1-2H3,(H,23,24,25). The maximum Gasteiger partial charge on any atom is 0.293 e. The van der Waals surface area contributed by atoms with Gasteiger partial charge in [-0.1, -0.05) is 41.1 Å². The van der Waals surface area contributed by atoms with Crippen molar-refractivity contribution in [2.45, 2.75) is 20.3 Å². The molecule has 0 radical (unpaired) electrons. The second kappa shape index (κ2) is 7.29. The third-order valence-electron chi connectivity index (χ3n) is 4.48. The molecule has 6 heteroatoms. The highest BCUT2D eigenvalue weighted by Crippen LogP contribution is 2.29. The Bertz CT molecular complexity index is 1130. The number of carbonyl (C=O) groups is 1. The number of amides is 1. The molecule has 1 N–H and O–H groups in total. The van der Waals surface area contributed by atoms with Gasteiger partial charge in [-0.25, -0.2) is 4.98 Å². The van der Waals surface area contributed by atoms with Gasteiger partial charge in [0.05, 0.1) is 5.69 Å². The number of halogens is 1. The van der Waals surface area contributed by atoms with Crippen molar-refractivity contribution in [1.29, 1.82) is 0 Å². The van der Waals surface area contributed by atoms with Crippen molar-refractivity contribution in [3.8, 4) is 11.3 Å². The molecule has 0 aliphatic carbocycles. The van der Waals surface area contributed by atoms with E-state index in [9.17, 15) is 4.79 Å². The van der Waals surface area contributed by atoms with E-state index in [4.69, 9.17) is 4.42 Å². The summed E-state index contributed by atoms with van der Waals surface area (Å²) in [6.45, 7) is 4.02. The van der Waals surface area contributed by atoms with Gasteiger partial charge in [-0.2, -0.15) is 0 Å². The minimum atomic E-state index is -0.279. The predicted molar refractivity (Wildman–Crippen MR) is 114 cm³/mol.